The largest absolute Gasteiger partial charge is 0.418 e. The van der Waals surface area contributed by atoms with Crippen LogP contribution in [0, 0.1) is 0 Å². The highest BCUT2D eigenvalue weighted by Gasteiger charge is 2.35. The fourth-order valence-electron chi connectivity index (χ4n) is 2.88. The molecule has 0 heterocycles. The van der Waals surface area contributed by atoms with Crippen molar-refractivity contribution in [3.63, 3.8) is 0 Å². The minimum Gasteiger partial charge on any atom is -0.392 e. The topological polar surface area (TPSA) is 23.5 Å². The summed E-state index contributed by atoms with van der Waals surface area (Å²) in [6, 6.07) is 4.26. The van der Waals surface area contributed by atoms with Crippen LogP contribution in [0.5, 0.6) is 0 Å². The normalized spacial score (nSPS) is 17.2. The predicted octanol–water partition coefficient (Wildman–Crippen LogP) is 3.97. The molecule has 0 aromatic heterocycles. The van der Waals surface area contributed by atoms with Gasteiger partial charge in [-0.2, -0.15) is 13.2 Å². The Bertz CT molecular complexity index is 453. The average molecular weight is 287 g/mol. The summed E-state index contributed by atoms with van der Waals surface area (Å²) in [5.41, 5.74) is -0.156. The highest BCUT2D eigenvalue weighted by molar-refractivity contribution is 5.56. The van der Waals surface area contributed by atoms with Crippen molar-refractivity contribution in [2.45, 2.75) is 50.9 Å². The SMILES string of the molecule is CN(c1ccc(CO)cc1C(F)(F)F)C1CCCCC1. The van der Waals surface area contributed by atoms with Crippen molar-refractivity contribution in [1.29, 1.82) is 0 Å². The van der Waals surface area contributed by atoms with E-state index in [0.717, 1.165) is 31.7 Å². The number of nitrogens with zero attached hydrogens (tertiary/aromatic N) is 1. The Hall–Kier alpha value is -1.23. The molecular weight excluding hydrogens is 267 g/mol. The van der Waals surface area contributed by atoms with Crippen LogP contribution < -0.4 is 4.90 Å². The summed E-state index contributed by atoms with van der Waals surface area (Å²) in [7, 11) is 1.74. The van der Waals surface area contributed by atoms with E-state index in [2.05, 4.69) is 0 Å². The van der Waals surface area contributed by atoms with E-state index >= 15 is 0 Å². The van der Waals surface area contributed by atoms with Crippen molar-refractivity contribution in [2.75, 3.05) is 11.9 Å². The van der Waals surface area contributed by atoms with E-state index < -0.39 is 11.7 Å². The summed E-state index contributed by atoms with van der Waals surface area (Å²) < 4.78 is 39.6. The molecule has 1 aliphatic carbocycles. The molecule has 0 unspecified atom stereocenters. The summed E-state index contributed by atoms with van der Waals surface area (Å²) in [6.07, 6.45) is 0.796. The van der Waals surface area contributed by atoms with E-state index in [4.69, 9.17) is 5.11 Å². The molecule has 2 nitrogen and oxygen atoms in total. The Balaban J connectivity index is 2.34. The van der Waals surface area contributed by atoms with Gasteiger partial charge in [-0.25, -0.2) is 0 Å². The van der Waals surface area contributed by atoms with Crippen LogP contribution in [-0.2, 0) is 12.8 Å². The molecule has 1 fully saturated rings. The van der Waals surface area contributed by atoms with E-state index in [1.54, 1.807) is 18.0 Å². The third-order valence-corrected chi connectivity index (χ3v) is 4.05. The summed E-state index contributed by atoms with van der Waals surface area (Å²) >= 11 is 0. The van der Waals surface area contributed by atoms with Gasteiger partial charge in [-0.3, -0.25) is 0 Å². The lowest BCUT2D eigenvalue weighted by atomic mass is 9.93. The minimum absolute atomic E-state index is 0.171. The number of hydrogen-bond acceptors (Lipinski definition) is 2. The zero-order valence-corrected chi connectivity index (χ0v) is 11.6. The number of aliphatic hydroxyl groups excluding tert-OH is 1. The van der Waals surface area contributed by atoms with Crippen molar-refractivity contribution >= 4 is 5.69 Å². The molecule has 112 valence electrons. The van der Waals surface area contributed by atoms with Crippen molar-refractivity contribution < 1.29 is 18.3 Å². The molecule has 0 bridgehead atoms. The van der Waals surface area contributed by atoms with Crippen LogP contribution >= 0.6 is 0 Å². The quantitative estimate of drug-likeness (QED) is 0.909. The Morgan fingerprint density at radius 1 is 1.20 bits per heavy atom. The van der Waals surface area contributed by atoms with Gasteiger partial charge in [0, 0.05) is 18.8 Å². The Morgan fingerprint density at radius 2 is 1.85 bits per heavy atom. The third-order valence-electron chi connectivity index (χ3n) is 4.05. The van der Waals surface area contributed by atoms with Gasteiger partial charge in [0.25, 0.3) is 0 Å². The van der Waals surface area contributed by atoms with Crippen LogP contribution in [0.25, 0.3) is 0 Å². The van der Waals surface area contributed by atoms with Gasteiger partial charge in [-0.05, 0) is 30.5 Å². The maximum atomic E-state index is 13.2. The van der Waals surface area contributed by atoms with Crippen LogP contribution in [-0.4, -0.2) is 18.2 Å². The van der Waals surface area contributed by atoms with Crippen LogP contribution in [0.15, 0.2) is 18.2 Å². The Morgan fingerprint density at radius 3 is 2.40 bits per heavy atom. The molecule has 0 atom stereocenters. The number of rotatable bonds is 3. The van der Waals surface area contributed by atoms with Gasteiger partial charge in [0.2, 0.25) is 0 Å². The van der Waals surface area contributed by atoms with Crippen molar-refractivity contribution in [3.8, 4) is 0 Å². The molecular formula is C15H20F3NO. The summed E-state index contributed by atoms with van der Waals surface area (Å²) in [5.74, 6) is 0. The molecule has 0 spiro atoms. The molecule has 1 aromatic rings. The first-order valence-electron chi connectivity index (χ1n) is 6.97. The maximum Gasteiger partial charge on any atom is 0.418 e. The third kappa shape index (κ3) is 3.26. The first-order valence-corrected chi connectivity index (χ1v) is 6.97. The average Bonchev–Trinajstić information content (AvgIpc) is 2.46. The van der Waals surface area contributed by atoms with Gasteiger partial charge in [0.15, 0.2) is 0 Å². The van der Waals surface area contributed by atoms with Gasteiger partial charge >= 0.3 is 6.18 Å². The first kappa shape index (κ1) is 15.2. The van der Waals surface area contributed by atoms with Gasteiger partial charge in [-0.1, -0.05) is 25.3 Å². The molecule has 0 amide bonds. The molecule has 20 heavy (non-hydrogen) atoms. The monoisotopic (exact) mass is 287 g/mol. The number of aliphatic hydroxyl groups is 1. The zero-order valence-electron chi connectivity index (χ0n) is 11.6. The van der Waals surface area contributed by atoms with Crippen LogP contribution in [0.3, 0.4) is 0 Å². The van der Waals surface area contributed by atoms with Gasteiger partial charge in [-0.15, -0.1) is 0 Å². The molecule has 0 aliphatic heterocycles. The minimum atomic E-state index is -4.40. The number of anilines is 1. The number of benzene rings is 1. The smallest absolute Gasteiger partial charge is 0.392 e. The first-order chi connectivity index (χ1) is 9.43. The molecule has 2 rings (SSSR count). The van der Waals surface area contributed by atoms with Crippen LogP contribution in [0.4, 0.5) is 18.9 Å². The fourth-order valence-corrected chi connectivity index (χ4v) is 2.88. The van der Waals surface area contributed by atoms with E-state index in [0.29, 0.717) is 0 Å². The van der Waals surface area contributed by atoms with E-state index in [1.807, 2.05) is 0 Å². The standard InChI is InChI=1S/C15H20F3NO/c1-19(12-5-3-2-4-6-12)14-8-7-11(10-20)9-13(14)15(16,17)18/h7-9,12,20H,2-6,10H2,1H3. The lowest BCUT2D eigenvalue weighted by Gasteiger charge is -2.34. The van der Waals surface area contributed by atoms with Gasteiger partial charge in [0.1, 0.15) is 0 Å². The van der Waals surface area contributed by atoms with Crippen LogP contribution in [0.1, 0.15) is 43.2 Å². The molecule has 1 N–H and O–H groups in total. The van der Waals surface area contributed by atoms with Crippen molar-refractivity contribution in [2.24, 2.45) is 0 Å². The summed E-state index contributed by atoms with van der Waals surface area (Å²) in [6.45, 7) is -0.378. The highest BCUT2D eigenvalue weighted by Crippen LogP contribution is 2.38. The lowest BCUT2D eigenvalue weighted by Crippen LogP contribution is -2.34. The van der Waals surface area contributed by atoms with Crippen LogP contribution in [0.2, 0.25) is 0 Å². The summed E-state index contributed by atoms with van der Waals surface area (Å²) in [4.78, 5) is 1.75. The molecule has 1 saturated carbocycles. The van der Waals surface area contributed by atoms with Gasteiger partial charge in [0.05, 0.1) is 12.2 Å². The Kier molecular flexibility index (Phi) is 4.58. The molecule has 0 radical (unpaired) electrons. The van der Waals surface area contributed by atoms with Crippen molar-refractivity contribution in [3.05, 3.63) is 29.3 Å². The van der Waals surface area contributed by atoms with E-state index in [-0.39, 0.29) is 23.9 Å². The second kappa shape index (κ2) is 6.04. The summed E-state index contributed by atoms with van der Waals surface area (Å²) in [5, 5.41) is 9.03. The molecule has 5 heteroatoms. The molecule has 1 aliphatic rings. The van der Waals surface area contributed by atoms with Gasteiger partial charge < -0.3 is 10.0 Å². The number of alkyl halides is 3. The zero-order chi connectivity index (χ0) is 14.8. The highest BCUT2D eigenvalue weighted by atomic mass is 19.4. The molecule has 1 aromatic carbocycles. The maximum absolute atomic E-state index is 13.2. The van der Waals surface area contributed by atoms with Crippen molar-refractivity contribution in [1.82, 2.24) is 0 Å². The fraction of sp³-hybridized carbons (Fsp3) is 0.600. The second-order valence-electron chi connectivity index (χ2n) is 5.41. The lowest BCUT2D eigenvalue weighted by molar-refractivity contribution is -0.137. The molecule has 0 saturated heterocycles. The predicted molar refractivity (Wildman–Crippen MR) is 72.6 cm³/mol. The number of hydrogen-bond donors (Lipinski definition) is 1. The number of halogens is 3. The van der Waals surface area contributed by atoms with E-state index in [9.17, 15) is 13.2 Å². The Labute approximate surface area is 117 Å². The second-order valence-corrected chi connectivity index (χ2v) is 5.41. The van der Waals surface area contributed by atoms with E-state index in [1.165, 1.54) is 12.5 Å².